The van der Waals surface area contributed by atoms with Crippen molar-refractivity contribution in [3.05, 3.63) is 47.1 Å². The normalized spacial score (nSPS) is 17.6. The molecule has 1 saturated heterocycles. The van der Waals surface area contributed by atoms with E-state index >= 15 is 0 Å². The monoisotopic (exact) mass is 346 g/mol. The molecule has 5 nitrogen and oxygen atoms in total. The zero-order valence-corrected chi connectivity index (χ0v) is 14.6. The molecule has 1 amide bonds. The quantitative estimate of drug-likeness (QED) is 0.830. The lowest BCUT2D eigenvalue weighted by Gasteiger charge is -2.32. The summed E-state index contributed by atoms with van der Waals surface area (Å²) in [5.74, 6) is 1.19. The van der Waals surface area contributed by atoms with Crippen molar-refractivity contribution < 1.29 is 18.4 Å². The first-order valence-electron chi connectivity index (χ1n) is 8.71. The summed E-state index contributed by atoms with van der Waals surface area (Å²) < 4.78 is 23.9. The number of nitrogens with zero attached hydrogens (tertiary/aromatic N) is 2. The SMILES string of the molecule is CCc1noc(C)c1C(=O)N1CCC[C@@H](COc2ccc(F)cc2)C1. The maximum atomic E-state index is 12.9. The Bertz CT molecular complexity index is 727. The number of likely N-dealkylation sites (tertiary alicyclic amines) is 1. The summed E-state index contributed by atoms with van der Waals surface area (Å²) in [5, 5.41) is 3.97. The van der Waals surface area contributed by atoms with Gasteiger partial charge in [-0.25, -0.2) is 4.39 Å². The molecular formula is C19H23FN2O3. The van der Waals surface area contributed by atoms with Crippen LogP contribution in [0.1, 0.15) is 41.6 Å². The third kappa shape index (κ3) is 4.00. The second-order valence-electron chi connectivity index (χ2n) is 6.44. The molecule has 0 radical (unpaired) electrons. The van der Waals surface area contributed by atoms with Crippen molar-refractivity contribution in [3.63, 3.8) is 0 Å². The Kier molecular flexibility index (Phi) is 5.36. The van der Waals surface area contributed by atoms with Crippen molar-refractivity contribution in [1.82, 2.24) is 10.1 Å². The number of amides is 1. The minimum Gasteiger partial charge on any atom is -0.493 e. The van der Waals surface area contributed by atoms with Crippen LogP contribution in [0.3, 0.4) is 0 Å². The molecule has 0 unspecified atom stereocenters. The zero-order valence-electron chi connectivity index (χ0n) is 14.6. The van der Waals surface area contributed by atoms with Crippen LogP contribution in [0.25, 0.3) is 0 Å². The lowest BCUT2D eigenvalue weighted by molar-refractivity contribution is 0.0630. The number of ether oxygens (including phenoxy) is 1. The van der Waals surface area contributed by atoms with Gasteiger partial charge in [-0.2, -0.15) is 0 Å². The molecule has 0 N–H and O–H groups in total. The summed E-state index contributed by atoms with van der Waals surface area (Å²) in [4.78, 5) is 14.7. The third-order valence-electron chi connectivity index (χ3n) is 4.59. The average Bonchev–Trinajstić information content (AvgIpc) is 3.01. The fourth-order valence-electron chi connectivity index (χ4n) is 3.22. The molecule has 1 aromatic heterocycles. The summed E-state index contributed by atoms with van der Waals surface area (Å²) in [5.41, 5.74) is 1.31. The molecule has 25 heavy (non-hydrogen) atoms. The molecule has 6 heteroatoms. The minimum absolute atomic E-state index is 0.0120. The fourth-order valence-corrected chi connectivity index (χ4v) is 3.22. The number of carbonyl (C=O) groups excluding carboxylic acids is 1. The lowest BCUT2D eigenvalue weighted by Crippen LogP contribution is -2.42. The van der Waals surface area contributed by atoms with E-state index < -0.39 is 0 Å². The first kappa shape index (κ1) is 17.5. The van der Waals surface area contributed by atoms with E-state index in [2.05, 4.69) is 5.16 Å². The standard InChI is InChI=1S/C19H23FN2O3/c1-3-17-18(13(2)25-21-17)19(23)22-10-4-5-14(11-22)12-24-16-8-6-15(20)7-9-16/h6-9,14H,3-5,10-12H2,1-2H3/t14-/m1/s1. The summed E-state index contributed by atoms with van der Waals surface area (Å²) in [6.07, 6.45) is 2.62. The molecule has 1 aliphatic rings. The Morgan fingerprint density at radius 2 is 2.16 bits per heavy atom. The Morgan fingerprint density at radius 3 is 2.88 bits per heavy atom. The zero-order chi connectivity index (χ0) is 17.8. The van der Waals surface area contributed by atoms with Gasteiger partial charge in [0.25, 0.3) is 5.91 Å². The Balaban J connectivity index is 1.61. The van der Waals surface area contributed by atoms with Crippen LogP contribution >= 0.6 is 0 Å². The largest absolute Gasteiger partial charge is 0.493 e. The Morgan fingerprint density at radius 1 is 1.40 bits per heavy atom. The highest BCUT2D eigenvalue weighted by Gasteiger charge is 2.29. The van der Waals surface area contributed by atoms with Crippen LogP contribution in [0.4, 0.5) is 4.39 Å². The molecule has 2 aromatic rings. The van der Waals surface area contributed by atoms with Crippen LogP contribution in [-0.4, -0.2) is 35.7 Å². The summed E-state index contributed by atoms with van der Waals surface area (Å²) >= 11 is 0. The van der Waals surface area contributed by atoms with E-state index in [0.29, 0.717) is 42.3 Å². The molecule has 1 atom stereocenters. The van der Waals surface area contributed by atoms with Crippen LogP contribution in [-0.2, 0) is 6.42 Å². The summed E-state index contributed by atoms with van der Waals surface area (Å²) in [6, 6.07) is 6.00. The maximum Gasteiger partial charge on any atom is 0.259 e. The Hall–Kier alpha value is -2.37. The number of piperidine rings is 1. The predicted octanol–water partition coefficient (Wildman–Crippen LogP) is 3.62. The van der Waals surface area contributed by atoms with Crippen LogP contribution in [0.2, 0.25) is 0 Å². The lowest BCUT2D eigenvalue weighted by atomic mass is 9.98. The summed E-state index contributed by atoms with van der Waals surface area (Å²) in [7, 11) is 0. The molecule has 134 valence electrons. The van der Waals surface area contributed by atoms with Gasteiger partial charge in [0.05, 0.1) is 12.3 Å². The van der Waals surface area contributed by atoms with Crippen LogP contribution in [0, 0.1) is 18.7 Å². The summed E-state index contributed by atoms with van der Waals surface area (Å²) in [6.45, 7) is 5.63. The van der Waals surface area contributed by atoms with Gasteiger partial charge in [-0.15, -0.1) is 0 Å². The van der Waals surface area contributed by atoms with E-state index in [1.807, 2.05) is 11.8 Å². The number of hydrogen-bond donors (Lipinski definition) is 0. The molecule has 0 bridgehead atoms. The van der Waals surface area contributed by atoms with E-state index in [4.69, 9.17) is 9.26 Å². The third-order valence-corrected chi connectivity index (χ3v) is 4.59. The fraction of sp³-hybridized carbons (Fsp3) is 0.474. The predicted molar refractivity (Wildman–Crippen MR) is 91.1 cm³/mol. The van der Waals surface area contributed by atoms with E-state index in [1.165, 1.54) is 12.1 Å². The van der Waals surface area contributed by atoms with E-state index in [0.717, 1.165) is 19.4 Å². The number of aromatic nitrogens is 1. The van der Waals surface area contributed by atoms with Gasteiger partial charge in [0, 0.05) is 19.0 Å². The van der Waals surface area contributed by atoms with Gasteiger partial charge in [0.15, 0.2) is 0 Å². The topological polar surface area (TPSA) is 55.6 Å². The van der Waals surface area contributed by atoms with Crippen molar-refractivity contribution in [2.24, 2.45) is 5.92 Å². The number of benzene rings is 1. The van der Waals surface area contributed by atoms with Crippen molar-refractivity contribution in [2.75, 3.05) is 19.7 Å². The molecule has 0 spiro atoms. The maximum absolute atomic E-state index is 12.9. The molecule has 1 aliphatic heterocycles. The number of carbonyl (C=O) groups is 1. The van der Waals surface area contributed by atoms with Crippen LogP contribution < -0.4 is 4.74 Å². The highest BCUT2D eigenvalue weighted by Crippen LogP contribution is 2.23. The van der Waals surface area contributed by atoms with Crippen LogP contribution in [0.5, 0.6) is 5.75 Å². The minimum atomic E-state index is -0.280. The van der Waals surface area contributed by atoms with Gasteiger partial charge in [-0.1, -0.05) is 12.1 Å². The number of aryl methyl sites for hydroxylation is 2. The number of halogens is 1. The van der Waals surface area contributed by atoms with Gasteiger partial charge >= 0.3 is 0 Å². The Labute approximate surface area is 146 Å². The second-order valence-corrected chi connectivity index (χ2v) is 6.44. The smallest absolute Gasteiger partial charge is 0.259 e. The second kappa shape index (κ2) is 7.68. The van der Waals surface area contributed by atoms with Crippen molar-refractivity contribution in [1.29, 1.82) is 0 Å². The van der Waals surface area contributed by atoms with Gasteiger partial charge in [0.2, 0.25) is 0 Å². The molecule has 2 heterocycles. The molecule has 0 aliphatic carbocycles. The molecule has 1 fully saturated rings. The molecule has 3 rings (SSSR count). The number of rotatable bonds is 5. The number of hydrogen-bond acceptors (Lipinski definition) is 4. The van der Waals surface area contributed by atoms with Gasteiger partial charge in [0.1, 0.15) is 22.9 Å². The van der Waals surface area contributed by atoms with Crippen molar-refractivity contribution in [2.45, 2.75) is 33.1 Å². The van der Waals surface area contributed by atoms with E-state index in [-0.39, 0.29) is 17.6 Å². The van der Waals surface area contributed by atoms with Gasteiger partial charge in [-0.3, -0.25) is 4.79 Å². The average molecular weight is 346 g/mol. The first-order valence-corrected chi connectivity index (χ1v) is 8.71. The highest BCUT2D eigenvalue weighted by atomic mass is 19.1. The van der Waals surface area contributed by atoms with Crippen LogP contribution in [0.15, 0.2) is 28.8 Å². The molecule has 0 saturated carbocycles. The molecular weight excluding hydrogens is 323 g/mol. The first-order chi connectivity index (χ1) is 12.1. The van der Waals surface area contributed by atoms with E-state index in [9.17, 15) is 9.18 Å². The highest BCUT2D eigenvalue weighted by molar-refractivity contribution is 5.96. The molecule has 1 aromatic carbocycles. The van der Waals surface area contributed by atoms with E-state index in [1.54, 1.807) is 19.1 Å². The van der Waals surface area contributed by atoms with Crippen molar-refractivity contribution in [3.8, 4) is 5.75 Å². The van der Waals surface area contributed by atoms with Gasteiger partial charge in [-0.05, 0) is 50.5 Å². The van der Waals surface area contributed by atoms with Gasteiger partial charge < -0.3 is 14.2 Å². The van der Waals surface area contributed by atoms with Crippen molar-refractivity contribution >= 4 is 5.91 Å².